The van der Waals surface area contributed by atoms with Crippen molar-refractivity contribution >= 4 is 11.9 Å². The fraction of sp³-hybridized carbons (Fsp3) is 0.818. The second-order valence-corrected chi connectivity index (χ2v) is 3.53. The molecule has 0 rings (SSSR count). The minimum atomic E-state index is -0.543. The molecule has 0 aromatic carbocycles. The number of carbonyl (C=O) groups is 2. The Morgan fingerprint density at radius 2 is 1.94 bits per heavy atom. The summed E-state index contributed by atoms with van der Waals surface area (Å²) < 4.78 is 9.29. The van der Waals surface area contributed by atoms with Crippen molar-refractivity contribution < 1.29 is 19.1 Å². The second-order valence-electron chi connectivity index (χ2n) is 3.53. The van der Waals surface area contributed by atoms with Crippen LogP contribution in [0.3, 0.4) is 0 Å². The van der Waals surface area contributed by atoms with Gasteiger partial charge >= 0.3 is 11.9 Å². The van der Waals surface area contributed by atoms with Crippen molar-refractivity contribution in [1.29, 1.82) is 0 Å². The van der Waals surface area contributed by atoms with E-state index in [0.717, 1.165) is 19.3 Å². The van der Waals surface area contributed by atoms with Crippen molar-refractivity contribution in [2.24, 2.45) is 5.73 Å². The summed E-state index contributed by atoms with van der Waals surface area (Å²) in [6.07, 6.45) is 3.46. The first-order valence-electron chi connectivity index (χ1n) is 5.60. The van der Waals surface area contributed by atoms with Crippen molar-refractivity contribution in [2.75, 3.05) is 13.7 Å². The number of hydrogen-bond donors (Lipinski definition) is 1. The summed E-state index contributed by atoms with van der Waals surface area (Å²) in [5.74, 6) is -0.551. The van der Waals surface area contributed by atoms with Gasteiger partial charge in [0.1, 0.15) is 6.04 Å². The molecule has 5 nitrogen and oxygen atoms in total. The molecule has 5 heteroatoms. The molecule has 0 aromatic rings. The average Bonchev–Trinajstić information content (AvgIpc) is 2.28. The molecule has 0 aliphatic rings. The van der Waals surface area contributed by atoms with E-state index >= 15 is 0 Å². The highest BCUT2D eigenvalue weighted by atomic mass is 16.5. The van der Waals surface area contributed by atoms with Crippen molar-refractivity contribution in [1.82, 2.24) is 0 Å². The molecular formula is C11H21NO4. The Bertz CT molecular complexity index is 218. The number of ether oxygens (including phenoxy) is 2. The smallest absolute Gasteiger partial charge is 0.322 e. The topological polar surface area (TPSA) is 78.6 Å². The molecule has 0 aliphatic carbocycles. The van der Waals surface area contributed by atoms with Crippen molar-refractivity contribution in [3.8, 4) is 0 Å². The minimum absolute atomic E-state index is 0.199. The Hall–Kier alpha value is -1.10. The Kier molecular flexibility index (Phi) is 8.52. The average molecular weight is 231 g/mol. The van der Waals surface area contributed by atoms with Crippen molar-refractivity contribution in [3.05, 3.63) is 0 Å². The zero-order valence-corrected chi connectivity index (χ0v) is 10.0. The first kappa shape index (κ1) is 14.9. The van der Waals surface area contributed by atoms with Gasteiger partial charge in [0.05, 0.1) is 13.7 Å². The van der Waals surface area contributed by atoms with Gasteiger partial charge in [-0.1, -0.05) is 12.8 Å². The lowest BCUT2D eigenvalue weighted by Crippen LogP contribution is -2.32. The van der Waals surface area contributed by atoms with Gasteiger partial charge in [0.15, 0.2) is 0 Å². The van der Waals surface area contributed by atoms with Crippen LogP contribution in [0, 0.1) is 0 Å². The van der Waals surface area contributed by atoms with Crippen LogP contribution >= 0.6 is 0 Å². The number of carbonyl (C=O) groups excluding carboxylic acids is 2. The number of methoxy groups -OCH3 is 1. The van der Waals surface area contributed by atoms with E-state index in [1.165, 1.54) is 7.11 Å². The predicted octanol–water partition coefficient (Wildman–Crippen LogP) is 1.00. The van der Waals surface area contributed by atoms with Crippen LogP contribution < -0.4 is 5.73 Å². The monoisotopic (exact) mass is 231 g/mol. The lowest BCUT2D eigenvalue weighted by molar-refractivity contribution is -0.145. The fourth-order valence-corrected chi connectivity index (χ4v) is 1.28. The Labute approximate surface area is 96.3 Å². The molecule has 0 amide bonds. The molecule has 0 spiro atoms. The SMILES string of the molecule is CCOC(=O)C(N)CCCCCC(=O)OC. The largest absolute Gasteiger partial charge is 0.469 e. The molecule has 16 heavy (non-hydrogen) atoms. The van der Waals surface area contributed by atoms with Gasteiger partial charge in [-0.25, -0.2) is 0 Å². The van der Waals surface area contributed by atoms with Crippen LogP contribution in [-0.4, -0.2) is 31.7 Å². The lowest BCUT2D eigenvalue weighted by Gasteiger charge is -2.09. The third kappa shape index (κ3) is 7.23. The summed E-state index contributed by atoms with van der Waals surface area (Å²) >= 11 is 0. The molecule has 94 valence electrons. The highest BCUT2D eigenvalue weighted by Gasteiger charge is 2.13. The number of unbranched alkanes of at least 4 members (excludes halogenated alkanes) is 2. The Morgan fingerprint density at radius 3 is 2.50 bits per heavy atom. The molecule has 0 radical (unpaired) electrons. The summed E-state index contributed by atoms with van der Waals surface area (Å²) in [5, 5.41) is 0. The van der Waals surface area contributed by atoms with Gasteiger partial charge in [-0.15, -0.1) is 0 Å². The van der Waals surface area contributed by atoms with Crippen molar-refractivity contribution in [2.45, 2.75) is 45.1 Å². The fourth-order valence-electron chi connectivity index (χ4n) is 1.28. The number of esters is 2. The normalized spacial score (nSPS) is 11.9. The van der Waals surface area contributed by atoms with Gasteiger partial charge in [0.25, 0.3) is 0 Å². The Balaban J connectivity index is 3.44. The van der Waals surface area contributed by atoms with Crippen LogP contribution in [0.25, 0.3) is 0 Å². The van der Waals surface area contributed by atoms with Crippen LogP contribution in [-0.2, 0) is 19.1 Å². The minimum Gasteiger partial charge on any atom is -0.469 e. The zero-order valence-electron chi connectivity index (χ0n) is 10.0. The maximum absolute atomic E-state index is 11.1. The molecule has 0 saturated carbocycles. The van der Waals surface area contributed by atoms with E-state index in [9.17, 15) is 9.59 Å². The molecule has 1 unspecified atom stereocenters. The van der Waals surface area contributed by atoms with E-state index in [-0.39, 0.29) is 11.9 Å². The molecule has 2 N–H and O–H groups in total. The van der Waals surface area contributed by atoms with E-state index < -0.39 is 6.04 Å². The number of hydrogen-bond acceptors (Lipinski definition) is 5. The summed E-state index contributed by atoms with van der Waals surface area (Å²) in [7, 11) is 1.37. The van der Waals surface area contributed by atoms with Gasteiger partial charge < -0.3 is 15.2 Å². The lowest BCUT2D eigenvalue weighted by atomic mass is 10.1. The van der Waals surface area contributed by atoms with Gasteiger partial charge in [0, 0.05) is 6.42 Å². The van der Waals surface area contributed by atoms with Gasteiger partial charge in [-0.2, -0.15) is 0 Å². The molecule has 0 saturated heterocycles. The second kappa shape index (κ2) is 9.15. The van der Waals surface area contributed by atoms with Crippen LogP contribution in [0.4, 0.5) is 0 Å². The third-order valence-corrected chi connectivity index (χ3v) is 2.21. The summed E-state index contributed by atoms with van der Waals surface area (Å²) in [6.45, 7) is 2.11. The van der Waals surface area contributed by atoms with E-state index in [4.69, 9.17) is 10.5 Å². The first-order chi connectivity index (χ1) is 7.61. The quantitative estimate of drug-likeness (QED) is 0.498. The highest BCUT2D eigenvalue weighted by molar-refractivity contribution is 5.75. The highest BCUT2D eigenvalue weighted by Crippen LogP contribution is 2.06. The number of nitrogens with two attached hydrogens (primary N) is 1. The van der Waals surface area contributed by atoms with Crippen LogP contribution in [0.15, 0.2) is 0 Å². The standard InChI is InChI=1S/C11H21NO4/c1-3-16-11(14)9(12)7-5-4-6-8-10(13)15-2/h9H,3-8,12H2,1-2H3. The molecule has 0 aliphatic heterocycles. The van der Waals surface area contributed by atoms with Gasteiger partial charge in [-0.05, 0) is 19.8 Å². The van der Waals surface area contributed by atoms with Crippen LogP contribution in [0.5, 0.6) is 0 Å². The Morgan fingerprint density at radius 1 is 1.25 bits per heavy atom. The summed E-state index contributed by atoms with van der Waals surface area (Å²) in [6, 6.07) is -0.543. The molecular weight excluding hydrogens is 210 g/mol. The summed E-state index contributed by atoms with van der Waals surface area (Å²) in [4.78, 5) is 21.9. The van der Waals surface area contributed by atoms with Crippen molar-refractivity contribution in [3.63, 3.8) is 0 Å². The molecule has 1 atom stereocenters. The molecule has 0 heterocycles. The van der Waals surface area contributed by atoms with E-state index in [1.54, 1.807) is 6.92 Å². The maximum atomic E-state index is 11.1. The van der Waals surface area contributed by atoms with Crippen LogP contribution in [0.1, 0.15) is 39.0 Å². The molecule has 0 aromatic heterocycles. The molecule has 0 bridgehead atoms. The van der Waals surface area contributed by atoms with E-state index in [2.05, 4.69) is 4.74 Å². The number of rotatable bonds is 8. The first-order valence-corrected chi connectivity index (χ1v) is 5.60. The zero-order chi connectivity index (χ0) is 12.4. The maximum Gasteiger partial charge on any atom is 0.322 e. The van der Waals surface area contributed by atoms with Gasteiger partial charge in [0.2, 0.25) is 0 Å². The third-order valence-electron chi connectivity index (χ3n) is 2.21. The van der Waals surface area contributed by atoms with E-state index in [0.29, 0.717) is 19.4 Å². The van der Waals surface area contributed by atoms with Gasteiger partial charge in [-0.3, -0.25) is 9.59 Å². The molecule has 0 fully saturated rings. The predicted molar refractivity (Wildman–Crippen MR) is 59.7 cm³/mol. The summed E-state index contributed by atoms with van der Waals surface area (Å²) in [5.41, 5.74) is 5.61. The van der Waals surface area contributed by atoms with E-state index in [1.807, 2.05) is 0 Å². The van der Waals surface area contributed by atoms with Crippen LogP contribution in [0.2, 0.25) is 0 Å².